The van der Waals surface area contributed by atoms with Gasteiger partial charge in [0.05, 0.1) is 32.8 Å². The standard InChI is InChI=1S/C23H29N3O4.HI/c1-16-7-4-5-8-18(16)15-25-23(24-14-17(2)22(27)28-3)26-19-9-10-20-21(13-19)30-12-6-11-29-20;/h4-5,7-10,13,17H,6,11-12,14-15H2,1-3H3,(H2,24,25,26);1H. The van der Waals surface area contributed by atoms with Gasteiger partial charge in [-0.25, -0.2) is 4.99 Å². The van der Waals surface area contributed by atoms with Gasteiger partial charge in [-0.2, -0.15) is 0 Å². The van der Waals surface area contributed by atoms with Crippen molar-refractivity contribution in [2.75, 3.05) is 32.2 Å². The molecule has 0 radical (unpaired) electrons. The van der Waals surface area contributed by atoms with Gasteiger partial charge in [-0.3, -0.25) is 4.79 Å². The number of carbonyl (C=O) groups is 1. The first-order valence-corrected chi connectivity index (χ1v) is 10.1. The van der Waals surface area contributed by atoms with Crippen LogP contribution in [-0.4, -0.2) is 38.8 Å². The monoisotopic (exact) mass is 539 g/mol. The lowest BCUT2D eigenvalue weighted by Crippen LogP contribution is -2.36. The first-order chi connectivity index (χ1) is 14.6. The number of nitrogens with one attached hydrogen (secondary N) is 2. The molecule has 0 fully saturated rings. The maximum atomic E-state index is 11.7. The number of halogens is 1. The number of aliphatic imine (C=N–C) groups is 1. The molecule has 1 unspecified atom stereocenters. The fraction of sp³-hybridized carbons (Fsp3) is 0.391. The van der Waals surface area contributed by atoms with Gasteiger partial charge < -0.3 is 24.8 Å². The van der Waals surface area contributed by atoms with E-state index in [9.17, 15) is 4.79 Å². The van der Waals surface area contributed by atoms with Crippen molar-refractivity contribution in [1.29, 1.82) is 0 Å². The molecule has 1 atom stereocenters. The number of hydrogen-bond donors (Lipinski definition) is 2. The maximum absolute atomic E-state index is 11.7. The Hall–Kier alpha value is -2.49. The molecule has 2 aromatic carbocycles. The third-order valence-electron chi connectivity index (χ3n) is 4.86. The molecule has 7 nitrogen and oxygen atoms in total. The molecule has 0 spiro atoms. The Labute approximate surface area is 200 Å². The highest BCUT2D eigenvalue weighted by Crippen LogP contribution is 2.32. The number of esters is 1. The highest BCUT2D eigenvalue weighted by atomic mass is 127. The molecule has 1 heterocycles. The first kappa shape index (κ1) is 24.8. The van der Waals surface area contributed by atoms with E-state index in [1.54, 1.807) is 0 Å². The Balaban J connectivity index is 0.00000341. The third kappa shape index (κ3) is 7.30. The maximum Gasteiger partial charge on any atom is 0.310 e. The Morgan fingerprint density at radius 3 is 2.65 bits per heavy atom. The summed E-state index contributed by atoms with van der Waals surface area (Å²) in [5.74, 6) is 1.45. The SMILES string of the molecule is COC(=O)C(C)CNC(=NCc1ccccc1C)Nc1ccc2c(c1)OCCCO2.I. The summed E-state index contributed by atoms with van der Waals surface area (Å²) in [7, 11) is 1.39. The van der Waals surface area contributed by atoms with E-state index in [2.05, 4.69) is 29.7 Å². The minimum atomic E-state index is -0.302. The van der Waals surface area contributed by atoms with Crippen LogP contribution in [0.5, 0.6) is 11.5 Å². The summed E-state index contributed by atoms with van der Waals surface area (Å²) in [6, 6.07) is 13.8. The molecule has 0 aliphatic carbocycles. The van der Waals surface area contributed by atoms with Crippen molar-refractivity contribution in [3.63, 3.8) is 0 Å². The number of fused-ring (bicyclic) bond motifs is 1. The highest BCUT2D eigenvalue weighted by molar-refractivity contribution is 14.0. The Bertz CT molecular complexity index is 904. The van der Waals surface area contributed by atoms with Crippen LogP contribution in [0.2, 0.25) is 0 Å². The van der Waals surface area contributed by atoms with E-state index in [0.717, 1.165) is 23.4 Å². The van der Waals surface area contributed by atoms with Crippen LogP contribution < -0.4 is 20.1 Å². The molecular formula is C23H30IN3O4. The van der Waals surface area contributed by atoms with Crippen LogP contribution in [0.4, 0.5) is 5.69 Å². The van der Waals surface area contributed by atoms with Crippen LogP contribution in [0.1, 0.15) is 24.5 Å². The zero-order chi connectivity index (χ0) is 21.3. The van der Waals surface area contributed by atoms with E-state index < -0.39 is 0 Å². The Kier molecular flexibility index (Phi) is 9.90. The van der Waals surface area contributed by atoms with Crippen LogP contribution in [-0.2, 0) is 16.1 Å². The average molecular weight is 539 g/mol. The summed E-state index contributed by atoms with van der Waals surface area (Å²) in [4.78, 5) is 16.5. The highest BCUT2D eigenvalue weighted by Gasteiger charge is 2.15. The van der Waals surface area contributed by atoms with Gasteiger partial charge in [0.1, 0.15) is 0 Å². The number of aryl methyl sites for hydroxylation is 1. The zero-order valence-corrected chi connectivity index (χ0v) is 20.5. The van der Waals surface area contributed by atoms with Crippen molar-refractivity contribution in [2.24, 2.45) is 10.9 Å². The van der Waals surface area contributed by atoms with Crippen molar-refractivity contribution in [3.8, 4) is 11.5 Å². The van der Waals surface area contributed by atoms with Gasteiger partial charge in [0, 0.05) is 24.7 Å². The van der Waals surface area contributed by atoms with Crippen molar-refractivity contribution < 1.29 is 19.0 Å². The number of hydrogen-bond acceptors (Lipinski definition) is 5. The Morgan fingerprint density at radius 2 is 1.90 bits per heavy atom. The predicted molar refractivity (Wildman–Crippen MR) is 133 cm³/mol. The molecule has 0 saturated heterocycles. The molecular weight excluding hydrogens is 509 g/mol. The minimum Gasteiger partial charge on any atom is -0.490 e. The van der Waals surface area contributed by atoms with Crippen LogP contribution in [0.3, 0.4) is 0 Å². The van der Waals surface area contributed by atoms with Crippen molar-refractivity contribution in [2.45, 2.75) is 26.8 Å². The van der Waals surface area contributed by atoms with Crippen LogP contribution in [0, 0.1) is 12.8 Å². The lowest BCUT2D eigenvalue weighted by atomic mass is 10.1. The van der Waals surface area contributed by atoms with Crippen LogP contribution in [0.15, 0.2) is 47.5 Å². The molecule has 3 rings (SSSR count). The fourth-order valence-electron chi connectivity index (χ4n) is 3.00. The number of methoxy groups -OCH3 is 1. The molecule has 31 heavy (non-hydrogen) atoms. The van der Waals surface area contributed by atoms with Crippen molar-refractivity contribution >= 4 is 41.6 Å². The number of anilines is 1. The van der Waals surface area contributed by atoms with Gasteiger partial charge in [0.15, 0.2) is 17.5 Å². The molecule has 1 aliphatic rings. The number of carbonyl (C=O) groups excluding carboxylic acids is 1. The second-order valence-corrected chi connectivity index (χ2v) is 7.23. The summed E-state index contributed by atoms with van der Waals surface area (Å²) in [6.07, 6.45) is 0.855. The quantitative estimate of drug-likeness (QED) is 0.249. The molecule has 0 bridgehead atoms. The second kappa shape index (κ2) is 12.4. The van der Waals surface area contributed by atoms with Gasteiger partial charge >= 0.3 is 5.97 Å². The van der Waals surface area contributed by atoms with Gasteiger partial charge in [0.2, 0.25) is 0 Å². The topological polar surface area (TPSA) is 81.2 Å². The third-order valence-corrected chi connectivity index (χ3v) is 4.86. The smallest absolute Gasteiger partial charge is 0.310 e. The van der Waals surface area contributed by atoms with Gasteiger partial charge in [-0.15, -0.1) is 24.0 Å². The molecule has 0 saturated carbocycles. The minimum absolute atomic E-state index is 0. The van der Waals surface area contributed by atoms with E-state index in [0.29, 0.717) is 38.0 Å². The van der Waals surface area contributed by atoms with Crippen LogP contribution >= 0.6 is 24.0 Å². The summed E-state index contributed by atoms with van der Waals surface area (Å²) in [5, 5.41) is 6.53. The molecule has 2 aromatic rings. The number of ether oxygens (including phenoxy) is 3. The molecule has 1 aliphatic heterocycles. The number of benzene rings is 2. The average Bonchev–Trinajstić information content (AvgIpc) is 3.00. The fourth-order valence-corrected chi connectivity index (χ4v) is 3.00. The number of guanidine groups is 1. The van der Waals surface area contributed by atoms with Crippen molar-refractivity contribution in [3.05, 3.63) is 53.6 Å². The van der Waals surface area contributed by atoms with E-state index in [-0.39, 0.29) is 35.9 Å². The summed E-state index contributed by atoms with van der Waals surface area (Å²) in [6.45, 7) is 6.06. The normalized spacial score (nSPS) is 14.0. The van der Waals surface area contributed by atoms with Gasteiger partial charge in [-0.05, 0) is 30.2 Å². The molecule has 8 heteroatoms. The van der Waals surface area contributed by atoms with E-state index in [1.165, 1.54) is 12.7 Å². The largest absolute Gasteiger partial charge is 0.490 e. The molecule has 0 aromatic heterocycles. The second-order valence-electron chi connectivity index (χ2n) is 7.23. The molecule has 0 amide bonds. The first-order valence-electron chi connectivity index (χ1n) is 10.1. The molecule has 168 valence electrons. The van der Waals surface area contributed by atoms with Crippen LogP contribution in [0.25, 0.3) is 0 Å². The number of rotatable bonds is 6. The Morgan fingerprint density at radius 1 is 1.16 bits per heavy atom. The van der Waals surface area contributed by atoms with E-state index >= 15 is 0 Å². The summed E-state index contributed by atoms with van der Waals surface area (Å²) in [5.41, 5.74) is 3.14. The number of nitrogens with zero attached hydrogens (tertiary/aromatic N) is 1. The van der Waals surface area contributed by atoms with Crippen molar-refractivity contribution in [1.82, 2.24) is 5.32 Å². The lowest BCUT2D eigenvalue weighted by molar-refractivity contribution is -0.144. The predicted octanol–water partition coefficient (Wildman–Crippen LogP) is 4.14. The van der Waals surface area contributed by atoms with Gasteiger partial charge in [-0.1, -0.05) is 31.2 Å². The molecule has 2 N–H and O–H groups in total. The summed E-state index contributed by atoms with van der Waals surface area (Å²) >= 11 is 0. The summed E-state index contributed by atoms with van der Waals surface area (Å²) < 4.78 is 16.3. The van der Waals surface area contributed by atoms with E-state index in [4.69, 9.17) is 19.2 Å². The van der Waals surface area contributed by atoms with E-state index in [1.807, 2.05) is 37.3 Å². The lowest BCUT2D eigenvalue weighted by Gasteiger charge is -2.16. The zero-order valence-electron chi connectivity index (χ0n) is 18.1. The van der Waals surface area contributed by atoms with Gasteiger partial charge in [0.25, 0.3) is 0 Å².